The molecule has 3 N–H and O–H groups in total. The molecular formula is C11H17NO2. The van der Waals surface area contributed by atoms with Gasteiger partial charge in [0.25, 0.3) is 0 Å². The van der Waals surface area contributed by atoms with Crippen molar-refractivity contribution in [1.29, 1.82) is 0 Å². The van der Waals surface area contributed by atoms with Gasteiger partial charge in [0.1, 0.15) is 18.4 Å². The summed E-state index contributed by atoms with van der Waals surface area (Å²) in [4.78, 5) is 0. The Morgan fingerprint density at radius 3 is 2.79 bits per heavy atom. The van der Waals surface area contributed by atoms with Crippen LogP contribution >= 0.6 is 0 Å². The second-order valence-electron chi connectivity index (χ2n) is 2.15. The maximum absolute atomic E-state index is 9.82. The van der Waals surface area contributed by atoms with Gasteiger partial charge in [-0.15, -0.1) is 0 Å². The molecule has 3 nitrogen and oxygen atoms in total. The average Bonchev–Trinajstić information content (AvgIpc) is 2.38. The minimum Gasteiger partial charge on any atom is -0.491 e. The Labute approximate surface area is 104 Å². The molecule has 0 spiro atoms. The van der Waals surface area contributed by atoms with Gasteiger partial charge in [-0.05, 0) is 36.9 Å². The molecular weight excluding hydrogens is 178 g/mol. The Morgan fingerprint density at radius 2 is 2.29 bits per heavy atom. The molecule has 0 aliphatic heterocycles. The molecule has 0 aliphatic rings. The van der Waals surface area contributed by atoms with Gasteiger partial charge in [-0.1, -0.05) is 6.04 Å². The first kappa shape index (κ1) is 2.54. The normalized spacial score (nSPS) is 33.3. The van der Waals surface area contributed by atoms with E-state index in [2.05, 4.69) is 4.74 Å². The highest BCUT2D eigenvalue weighted by atomic mass is 16.5. The average molecular weight is 209 g/mol. The van der Waals surface area contributed by atoms with Gasteiger partial charge >= 0.3 is 0 Å². The van der Waals surface area contributed by atoms with Crippen LogP contribution in [0.5, 0.6) is 5.75 Å². The van der Waals surface area contributed by atoms with Gasteiger partial charge in [-0.25, -0.2) is 0 Å². The second kappa shape index (κ2) is 4.98. The number of rotatable bonds is 4. The van der Waals surface area contributed by atoms with Crippen molar-refractivity contribution in [3.8, 4) is 5.75 Å². The Morgan fingerprint density at radius 1 is 1.64 bits per heavy atom. The molecule has 14 heavy (non-hydrogen) atoms. The molecule has 1 aromatic carbocycles. The molecule has 0 aliphatic carbocycles. The SMILES string of the molecule is [2H]c1c(OC([2H])([2H])C([2H])(O)C([2H])([2H])N)c([2H])c(C([2H])([2H])[2H])c([2H])c1C([2H])([2H])[2H]. The standard InChI is InChI=1S/C11H17NO2/c1-8-3-9(2)5-11(4-8)14-7-10(13)6-12/h3-5,10,13H,6-7,12H2,1-2H3/i1D3,2D3,3D,4D,5D,6D2,7D2,10D. The summed E-state index contributed by atoms with van der Waals surface area (Å²) in [5.41, 5.74) is 2.63. The summed E-state index contributed by atoms with van der Waals surface area (Å²) in [6.07, 6.45) is -3.81. The van der Waals surface area contributed by atoms with Crippen LogP contribution in [0.2, 0.25) is 0 Å². The van der Waals surface area contributed by atoms with Gasteiger partial charge in [-0.2, -0.15) is 0 Å². The van der Waals surface area contributed by atoms with Crippen LogP contribution in [0.1, 0.15) is 30.3 Å². The number of benzene rings is 1. The third-order valence-corrected chi connectivity index (χ3v) is 1.11. The lowest BCUT2D eigenvalue weighted by Crippen LogP contribution is -2.26. The van der Waals surface area contributed by atoms with Crippen LogP contribution in [0.15, 0.2) is 18.1 Å². The van der Waals surface area contributed by atoms with Gasteiger partial charge in [0, 0.05) is 17.5 Å². The van der Waals surface area contributed by atoms with E-state index < -0.39 is 67.8 Å². The largest absolute Gasteiger partial charge is 0.491 e. The summed E-state index contributed by atoms with van der Waals surface area (Å²) in [6.45, 7) is -13.6. The van der Waals surface area contributed by atoms with E-state index in [-0.39, 0.29) is 0 Å². The fourth-order valence-electron chi connectivity index (χ4n) is 0.626. The van der Waals surface area contributed by atoms with Crippen molar-refractivity contribution in [2.24, 2.45) is 5.73 Å². The van der Waals surface area contributed by atoms with E-state index in [1.54, 1.807) is 0 Å². The first-order valence-corrected chi connectivity index (χ1v) is 3.42. The number of nitrogens with two attached hydrogens (primary N) is 1. The molecule has 0 saturated heterocycles. The van der Waals surface area contributed by atoms with Crippen LogP contribution in [-0.4, -0.2) is 24.2 Å². The van der Waals surface area contributed by atoms with Crippen molar-refractivity contribution >= 4 is 0 Å². The third-order valence-electron chi connectivity index (χ3n) is 1.11. The van der Waals surface area contributed by atoms with E-state index in [1.807, 2.05) is 0 Å². The smallest absolute Gasteiger partial charge is 0.119 e. The first-order chi connectivity index (χ1) is 12.1. The van der Waals surface area contributed by atoms with Crippen LogP contribution < -0.4 is 10.5 Å². The summed E-state index contributed by atoms with van der Waals surface area (Å²) in [5, 5.41) is 9.82. The Kier molecular flexibility index (Phi) is 0.904. The van der Waals surface area contributed by atoms with Crippen LogP contribution in [0.4, 0.5) is 0 Å². The lowest BCUT2D eigenvalue weighted by atomic mass is 10.1. The molecule has 1 aromatic rings. The Bertz CT molecular complexity index is 720. The van der Waals surface area contributed by atoms with Crippen LogP contribution in [-0.2, 0) is 0 Å². The van der Waals surface area contributed by atoms with Crippen LogP contribution in [0.3, 0.4) is 0 Å². The van der Waals surface area contributed by atoms with E-state index in [1.165, 1.54) is 0 Å². The summed E-state index contributed by atoms with van der Waals surface area (Å²) in [5.74, 6) is -1.30. The predicted molar refractivity (Wildman–Crippen MR) is 56.5 cm³/mol. The maximum Gasteiger partial charge on any atom is 0.119 e. The molecule has 1 rings (SSSR count). The molecule has 3 heteroatoms. The topological polar surface area (TPSA) is 55.5 Å². The monoisotopic (exact) mass is 209 g/mol. The fraction of sp³-hybridized carbons (Fsp3) is 0.455. The van der Waals surface area contributed by atoms with Crippen molar-refractivity contribution in [3.63, 3.8) is 0 Å². The zero-order chi connectivity index (χ0) is 22.7. The van der Waals surface area contributed by atoms with Crippen molar-refractivity contribution in [2.45, 2.75) is 19.8 Å². The van der Waals surface area contributed by atoms with Crippen molar-refractivity contribution in [1.82, 2.24) is 0 Å². The number of aliphatic hydroxyl groups is 1. The highest BCUT2D eigenvalue weighted by Gasteiger charge is 2.02. The zero-order valence-electron chi connectivity index (χ0n) is 20.9. The summed E-state index contributed by atoms with van der Waals surface area (Å²) >= 11 is 0. The second-order valence-corrected chi connectivity index (χ2v) is 2.15. The molecule has 0 aromatic heterocycles. The lowest BCUT2D eigenvalue weighted by Gasteiger charge is -2.11. The van der Waals surface area contributed by atoms with Crippen molar-refractivity contribution in [2.75, 3.05) is 13.1 Å². The van der Waals surface area contributed by atoms with Gasteiger partial charge in [-0.3, -0.25) is 0 Å². The molecule has 1 atom stereocenters. The van der Waals surface area contributed by atoms with Gasteiger partial charge < -0.3 is 15.6 Å². The minimum atomic E-state index is -3.81. The third kappa shape index (κ3) is 3.36. The van der Waals surface area contributed by atoms with Gasteiger partial charge in [0.15, 0.2) is 0 Å². The van der Waals surface area contributed by atoms with E-state index >= 15 is 0 Å². The fourth-order valence-corrected chi connectivity index (χ4v) is 0.626. The quantitative estimate of drug-likeness (QED) is 0.778. The number of hydrogen-bond donors (Lipinski definition) is 2. The number of ether oxygens (including phenoxy) is 1. The zero-order valence-corrected chi connectivity index (χ0v) is 6.93. The molecule has 0 fully saturated rings. The molecule has 0 amide bonds. The maximum atomic E-state index is 9.82. The molecule has 1 unspecified atom stereocenters. The minimum absolute atomic E-state index is 1.15. The highest BCUT2D eigenvalue weighted by Crippen LogP contribution is 2.16. The predicted octanol–water partition coefficient (Wildman–Crippen LogP) is 1.00. The van der Waals surface area contributed by atoms with Crippen LogP contribution in [0, 0.1) is 13.7 Å². The molecule has 0 radical (unpaired) electrons. The molecule has 0 saturated carbocycles. The summed E-state index contributed by atoms with van der Waals surface area (Å²) in [6, 6.07) is -3.63. The van der Waals surface area contributed by atoms with E-state index in [0.717, 1.165) is 0 Å². The van der Waals surface area contributed by atoms with E-state index in [9.17, 15) is 5.11 Å². The lowest BCUT2D eigenvalue weighted by molar-refractivity contribution is 0.114. The Hall–Kier alpha value is -1.06. The molecule has 78 valence electrons. The summed E-state index contributed by atoms with van der Waals surface area (Å²) in [7, 11) is 0. The summed E-state index contributed by atoms with van der Waals surface area (Å²) < 4.78 is 110. The molecule has 0 heterocycles. The first-order valence-electron chi connectivity index (χ1n) is 10.4. The van der Waals surface area contributed by atoms with E-state index in [4.69, 9.17) is 24.9 Å². The molecule has 0 bridgehead atoms. The Balaban J connectivity index is 3.87. The number of hydrogen-bond acceptors (Lipinski definition) is 3. The van der Waals surface area contributed by atoms with Crippen LogP contribution in [0.25, 0.3) is 0 Å². The van der Waals surface area contributed by atoms with Crippen molar-refractivity contribution < 1.29 is 29.0 Å². The van der Waals surface area contributed by atoms with Gasteiger partial charge in [0.05, 0.1) is 8.22 Å². The highest BCUT2D eigenvalue weighted by molar-refractivity contribution is 5.32. The van der Waals surface area contributed by atoms with Crippen molar-refractivity contribution in [3.05, 3.63) is 29.3 Å². The van der Waals surface area contributed by atoms with Gasteiger partial charge in [0.2, 0.25) is 0 Å². The van der Waals surface area contributed by atoms with E-state index in [0.29, 0.717) is 0 Å².